The third kappa shape index (κ3) is 5.14. The van der Waals surface area contributed by atoms with Crippen molar-refractivity contribution in [1.82, 2.24) is 15.2 Å². The van der Waals surface area contributed by atoms with Crippen molar-refractivity contribution in [3.8, 4) is 0 Å². The van der Waals surface area contributed by atoms with Gasteiger partial charge in [-0.2, -0.15) is 0 Å². The highest BCUT2D eigenvalue weighted by Gasteiger charge is 2.28. The van der Waals surface area contributed by atoms with E-state index in [1.807, 2.05) is 65.2 Å². The van der Waals surface area contributed by atoms with Gasteiger partial charge in [0.25, 0.3) is 5.91 Å². The average Bonchev–Trinajstić information content (AvgIpc) is 3.28. The SMILES string of the molecule is O=C(CCNC(=O)c1cc2ccccc2n1Cc1ccccc1)N[C@H]1CCS(=O)(=O)C1. The second kappa shape index (κ2) is 8.93. The lowest BCUT2D eigenvalue weighted by Crippen LogP contribution is -2.38. The predicted molar refractivity (Wildman–Crippen MR) is 120 cm³/mol. The van der Waals surface area contributed by atoms with Gasteiger partial charge in [0.15, 0.2) is 9.84 Å². The predicted octanol–water partition coefficient (Wildman–Crippen LogP) is 2.11. The van der Waals surface area contributed by atoms with E-state index < -0.39 is 9.84 Å². The molecule has 1 aliphatic heterocycles. The maximum absolute atomic E-state index is 12.9. The fourth-order valence-electron chi connectivity index (χ4n) is 3.92. The van der Waals surface area contributed by atoms with Gasteiger partial charge in [-0.25, -0.2) is 8.42 Å². The molecule has 3 aromatic rings. The van der Waals surface area contributed by atoms with Crippen LogP contribution in [-0.2, 0) is 21.2 Å². The Morgan fingerprint density at radius 2 is 1.77 bits per heavy atom. The zero-order chi connectivity index (χ0) is 21.8. The molecule has 1 fully saturated rings. The number of carbonyl (C=O) groups is 2. The lowest BCUT2D eigenvalue weighted by molar-refractivity contribution is -0.121. The molecule has 0 bridgehead atoms. The lowest BCUT2D eigenvalue weighted by Gasteiger charge is -2.13. The summed E-state index contributed by atoms with van der Waals surface area (Å²) in [6.45, 7) is 0.741. The van der Waals surface area contributed by atoms with E-state index in [2.05, 4.69) is 10.6 Å². The molecule has 0 spiro atoms. The van der Waals surface area contributed by atoms with E-state index in [4.69, 9.17) is 0 Å². The van der Waals surface area contributed by atoms with Gasteiger partial charge >= 0.3 is 0 Å². The van der Waals surface area contributed by atoms with Gasteiger partial charge < -0.3 is 15.2 Å². The number of rotatable bonds is 7. The van der Waals surface area contributed by atoms with Crippen molar-refractivity contribution < 1.29 is 18.0 Å². The zero-order valence-corrected chi connectivity index (χ0v) is 17.9. The van der Waals surface area contributed by atoms with Crippen LogP contribution in [0.4, 0.5) is 0 Å². The van der Waals surface area contributed by atoms with Crippen molar-refractivity contribution >= 4 is 32.6 Å². The lowest BCUT2D eigenvalue weighted by atomic mass is 10.2. The van der Waals surface area contributed by atoms with Gasteiger partial charge in [0.05, 0.1) is 11.5 Å². The summed E-state index contributed by atoms with van der Waals surface area (Å²) in [6.07, 6.45) is 0.543. The van der Waals surface area contributed by atoms with Crippen LogP contribution in [0.1, 0.15) is 28.9 Å². The molecule has 1 aromatic heterocycles. The number of amides is 2. The normalized spacial score (nSPS) is 17.5. The van der Waals surface area contributed by atoms with Crippen molar-refractivity contribution in [2.75, 3.05) is 18.1 Å². The Kier molecular flexibility index (Phi) is 6.08. The third-order valence-electron chi connectivity index (χ3n) is 5.46. The van der Waals surface area contributed by atoms with Crippen molar-refractivity contribution in [2.45, 2.75) is 25.4 Å². The van der Waals surface area contributed by atoms with E-state index in [0.29, 0.717) is 18.7 Å². The van der Waals surface area contributed by atoms with E-state index in [0.717, 1.165) is 16.5 Å². The van der Waals surface area contributed by atoms with Crippen LogP contribution in [0.5, 0.6) is 0 Å². The van der Waals surface area contributed by atoms with Crippen LogP contribution < -0.4 is 10.6 Å². The molecule has 7 nitrogen and oxygen atoms in total. The summed E-state index contributed by atoms with van der Waals surface area (Å²) in [5.74, 6) is -0.402. The molecule has 2 aromatic carbocycles. The second-order valence-corrected chi connectivity index (χ2v) is 10.1. The number of carbonyl (C=O) groups excluding carboxylic acids is 2. The second-order valence-electron chi connectivity index (χ2n) is 7.83. The summed E-state index contributed by atoms with van der Waals surface area (Å²) < 4.78 is 25.0. The van der Waals surface area contributed by atoms with Crippen molar-refractivity contribution in [2.24, 2.45) is 0 Å². The number of para-hydroxylation sites is 1. The molecular weight excluding hydrogens is 414 g/mol. The number of benzene rings is 2. The molecule has 8 heteroatoms. The molecule has 0 saturated carbocycles. The average molecular weight is 440 g/mol. The fraction of sp³-hybridized carbons (Fsp3) is 0.304. The first-order valence-corrected chi connectivity index (χ1v) is 12.1. The summed E-state index contributed by atoms with van der Waals surface area (Å²) in [5.41, 5.74) is 2.59. The van der Waals surface area contributed by atoms with Gasteiger partial charge in [-0.15, -0.1) is 0 Å². The topological polar surface area (TPSA) is 97.3 Å². The number of hydrogen-bond acceptors (Lipinski definition) is 4. The first kappa shape index (κ1) is 21.1. The molecule has 1 saturated heterocycles. The summed E-state index contributed by atoms with van der Waals surface area (Å²) in [7, 11) is -3.04. The molecule has 162 valence electrons. The molecule has 2 amide bonds. The monoisotopic (exact) mass is 439 g/mol. The summed E-state index contributed by atoms with van der Waals surface area (Å²) in [4.78, 5) is 25.0. The van der Waals surface area contributed by atoms with Crippen LogP contribution in [0.15, 0.2) is 60.7 Å². The summed E-state index contributed by atoms with van der Waals surface area (Å²) in [5, 5.41) is 6.53. The molecule has 0 radical (unpaired) electrons. The summed E-state index contributed by atoms with van der Waals surface area (Å²) >= 11 is 0. The van der Waals surface area contributed by atoms with E-state index in [1.54, 1.807) is 0 Å². The molecule has 0 unspecified atom stereocenters. The highest BCUT2D eigenvalue weighted by molar-refractivity contribution is 7.91. The van der Waals surface area contributed by atoms with Crippen molar-refractivity contribution in [1.29, 1.82) is 0 Å². The van der Waals surface area contributed by atoms with Gasteiger partial charge in [-0.1, -0.05) is 48.5 Å². The van der Waals surface area contributed by atoms with E-state index >= 15 is 0 Å². The Labute approximate surface area is 181 Å². The number of aromatic nitrogens is 1. The Morgan fingerprint density at radius 3 is 2.52 bits per heavy atom. The van der Waals surface area contributed by atoms with Gasteiger partial charge in [0.1, 0.15) is 5.69 Å². The number of sulfone groups is 1. The Hall–Kier alpha value is -3.13. The van der Waals surface area contributed by atoms with E-state index in [1.165, 1.54) is 0 Å². The van der Waals surface area contributed by atoms with E-state index in [9.17, 15) is 18.0 Å². The standard InChI is InChI=1S/C23H25N3O4S/c27-22(25-19-11-13-31(29,30)16-19)10-12-24-23(28)21-14-18-8-4-5-9-20(18)26(21)15-17-6-2-1-3-7-17/h1-9,14,19H,10-13,15-16H2,(H,24,28)(H,25,27)/t19-/m0/s1. The highest BCUT2D eigenvalue weighted by atomic mass is 32.2. The number of nitrogens with one attached hydrogen (secondary N) is 2. The zero-order valence-electron chi connectivity index (χ0n) is 17.1. The van der Waals surface area contributed by atoms with Crippen LogP contribution in [0.2, 0.25) is 0 Å². The number of fused-ring (bicyclic) bond motifs is 1. The molecule has 2 heterocycles. The minimum atomic E-state index is -3.04. The fourth-order valence-corrected chi connectivity index (χ4v) is 5.60. The highest BCUT2D eigenvalue weighted by Crippen LogP contribution is 2.21. The minimum absolute atomic E-state index is 0.00924. The van der Waals surface area contributed by atoms with Crippen LogP contribution in [0.25, 0.3) is 10.9 Å². The van der Waals surface area contributed by atoms with Crippen LogP contribution >= 0.6 is 0 Å². The molecule has 1 atom stereocenters. The molecule has 2 N–H and O–H groups in total. The first-order chi connectivity index (χ1) is 14.9. The molecule has 31 heavy (non-hydrogen) atoms. The smallest absolute Gasteiger partial charge is 0.267 e. The van der Waals surface area contributed by atoms with Crippen LogP contribution in [0, 0.1) is 0 Å². The molecular formula is C23H25N3O4S. The van der Waals surface area contributed by atoms with Crippen LogP contribution in [0.3, 0.4) is 0 Å². The number of nitrogens with zero attached hydrogens (tertiary/aromatic N) is 1. The minimum Gasteiger partial charge on any atom is -0.352 e. The van der Waals surface area contributed by atoms with E-state index in [-0.39, 0.29) is 42.3 Å². The Morgan fingerprint density at radius 1 is 1.03 bits per heavy atom. The Bertz CT molecular complexity index is 1200. The molecule has 1 aliphatic rings. The van der Waals surface area contributed by atoms with Gasteiger partial charge in [0.2, 0.25) is 5.91 Å². The molecule has 4 rings (SSSR count). The first-order valence-electron chi connectivity index (χ1n) is 10.3. The largest absolute Gasteiger partial charge is 0.352 e. The third-order valence-corrected chi connectivity index (χ3v) is 7.23. The maximum atomic E-state index is 12.9. The van der Waals surface area contributed by atoms with Gasteiger partial charge in [-0.05, 0) is 24.1 Å². The molecule has 0 aliphatic carbocycles. The Balaban J connectivity index is 1.40. The summed E-state index contributed by atoms with van der Waals surface area (Å²) in [6, 6.07) is 19.3. The van der Waals surface area contributed by atoms with Crippen molar-refractivity contribution in [3.05, 3.63) is 71.9 Å². The van der Waals surface area contributed by atoms with Crippen LogP contribution in [-0.4, -0.2) is 48.9 Å². The van der Waals surface area contributed by atoms with Gasteiger partial charge in [-0.3, -0.25) is 9.59 Å². The van der Waals surface area contributed by atoms with Gasteiger partial charge in [0, 0.05) is 36.5 Å². The quantitative estimate of drug-likeness (QED) is 0.589. The van der Waals surface area contributed by atoms with Crippen molar-refractivity contribution in [3.63, 3.8) is 0 Å². The maximum Gasteiger partial charge on any atom is 0.267 e. The number of hydrogen-bond donors (Lipinski definition) is 2.